The van der Waals surface area contributed by atoms with Crippen molar-refractivity contribution in [1.82, 2.24) is 0 Å². The van der Waals surface area contributed by atoms with Gasteiger partial charge in [-0.25, -0.2) is 0 Å². The largest absolute Gasteiger partial charge is 0.490 e. The Morgan fingerprint density at radius 1 is 0.364 bits per heavy atom. The number of rotatable bonds is 28. The highest BCUT2D eigenvalue weighted by atomic mass is 16.5. The molecule has 0 atom stereocenters. The summed E-state index contributed by atoms with van der Waals surface area (Å²) in [6, 6.07) is 23.4. The Kier molecular flexibility index (Phi) is 20.1. The molecule has 6 nitrogen and oxygen atoms in total. The van der Waals surface area contributed by atoms with Gasteiger partial charge in [0.15, 0.2) is 11.5 Å². The molecule has 0 saturated carbocycles. The topological polar surface area (TPSA) is 27.7 Å². The standard InChI is InChI=1S/C49H78N3O3/c1-50(2,3)35-19-10-13-22-38-53-47-41-46(34-33-45-31-29-44(30-32-45)28-27-43-25-17-16-18-26-43)42-48(54-39-23-14-11-20-36-51(4,5)6)49(47)55-40-24-15-12-21-37-52(7,8)9/h16-18,25-34,41-42H,10-15,19-24,35-40H2,1-9H3/q+3/b28-27+,34-33+. The highest BCUT2D eigenvalue weighted by Crippen LogP contribution is 2.40. The maximum absolute atomic E-state index is 6.58. The van der Waals surface area contributed by atoms with E-state index in [1.807, 2.05) is 6.07 Å². The lowest BCUT2D eigenvalue weighted by Crippen LogP contribution is -2.35. The summed E-state index contributed by atoms with van der Waals surface area (Å²) in [7, 11) is 20.4. The van der Waals surface area contributed by atoms with E-state index in [0.29, 0.717) is 19.8 Å². The average Bonchev–Trinajstić information content (AvgIpc) is 3.12. The lowest BCUT2D eigenvalue weighted by Gasteiger charge is -2.23. The smallest absolute Gasteiger partial charge is 0.203 e. The number of nitrogens with zero attached hydrogens (tertiary/aromatic N) is 3. The van der Waals surface area contributed by atoms with Crippen LogP contribution in [0.25, 0.3) is 24.3 Å². The summed E-state index contributed by atoms with van der Waals surface area (Å²) in [5, 5.41) is 0. The van der Waals surface area contributed by atoms with Crippen LogP contribution in [0.3, 0.4) is 0 Å². The van der Waals surface area contributed by atoms with Crippen molar-refractivity contribution in [3.05, 3.63) is 89.0 Å². The molecule has 0 aliphatic carbocycles. The van der Waals surface area contributed by atoms with Crippen LogP contribution in [-0.4, -0.2) is 116 Å². The summed E-state index contributed by atoms with van der Waals surface area (Å²) in [4.78, 5) is 0. The molecule has 3 rings (SSSR count). The number of hydrogen-bond donors (Lipinski definition) is 0. The average molecular weight is 757 g/mol. The van der Waals surface area contributed by atoms with Crippen LogP contribution in [-0.2, 0) is 0 Å². The Morgan fingerprint density at radius 2 is 0.691 bits per heavy atom. The Labute approximate surface area is 337 Å². The number of quaternary nitrogens is 3. The molecular weight excluding hydrogens is 679 g/mol. The molecule has 0 unspecified atom stereocenters. The van der Waals surface area contributed by atoms with Gasteiger partial charge in [0.25, 0.3) is 0 Å². The fraction of sp³-hybridized carbons (Fsp3) is 0.551. The molecule has 6 heteroatoms. The molecule has 0 aliphatic rings. The summed E-state index contributed by atoms with van der Waals surface area (Å²) < 4.78 is 22.8. The van der Waals surface area contributed by atoms with Crippen molar-refractivity contribution < 1.29 is 27.7 Å². The lowest BCUT2D eigenvalue weighted by molar-refractivity contribution is -0.870. The van der Waals surface area contributed by atoms with Crippen molar-refractivity contribution in [3.8, 4) is 17.2 Å². The van der Waals surface area contributed by atoms with Crippen LogP contribution in [0.2, 0.25) is 0 Å². The first-order valence-corrected chi connectivity index (χ1v) is 21.2. The molecular formula is C49H78N3O3+3. The van der Waals surface area contributed by atoms with Crippen LogP contribution in [0.1, 0.15) is 99.3 Å². The van der Waals surface area contributed by atoms with Crippen LogP contribution in [0.4, 0.5) is 0 Å². The van der Waals surface area contributed by atoms with Crippen LogP contribution in [0, 0.1) is 0 Å². The molecule has 304 valence electrons. The van der Waals surface area contributed by atoms with Crippen molar-refractivity contribution in [1.29, 1.82) is 0 Å². The second kappa shape index (κ2) is 24.1. The number of hydrogen-bond acceptors (Lipinski definition) is 3. The summed E-state index contributed by atoms with van der Waals surface area (Å²) in [5.74, 6) is 2.34. The predicted octanol–water partition coefficient (Wildman–Crippen LogP) is 11.0. The first-order chi connectivity index (χ1) is 26.2. The molecule has 0 aromatic heterocycles. The molecule has 0 amide bonds. The second-order valence-corrected chi connectivity index (χ2v) is 18.4. The van der Waals surface area contributed by atoms with Crippen molar-refractivity contribution in [2.24, 2.45) is 0 Å². The van der Waals surface area contributed by atoms with Crippen LogP contribution in [0.15, 0.2) is 66.7 Å². The SMILES string of the molecule is C[N+](C)(C)CCCCCCOc1cc(/C=C/c2ccc(/C=C/c3ccccc3)cc2)cc(OCCCCCC[N+](C)(C)C)c1OCCCCCC[N+](C)(C)C. The Bertz CT molecular complexity index is 1480. The van der Waals surface area contributed by atoms with Gasteiger partial charge < -0.3 is 27.7 Å². The minimum atomic E-state index is 0.660. The van der Waals surface area contributed by atoms with E-state index >= 15 is 0 Å². The minimum Gasteiger partial charge on any atom is -0.490 e. The van der Waals surface area contributed by atoms with E-state index in [4.69, 9.17) is 14.2 Å². The van der Waals surface area contributed by atoms with Gasteiger partial charge in [-0.3, -0.25) is 0 Å². The molecule has 0 spiro atoms. The molecule has 0 radical (unpaired) electrons. The Hall–Kier alpha value is -3.58. The van der Waals surface area contributed by atoms with Crippen molar-refractivity contribution >= 4 is 24.3 Å². The summed E-state index contributed by atoms with van der Waals surface area (Å²) >= 11 is 0. The third-order valence-electron chi connectivity index (χ3n) is 9.65. The first-order valence-electron chi connectivity index (χ1n) is 21.2. The number of ether oxygens (including phenoxy) is 3. The van der Waals surface area contributed by atoms with E-state index in [0.717, 1.165) is 80.3 Å². The van der Waals surface area contributed by atoms with Crippen LogP contribution < -0.4 is 14.2 Å². The highest BCUT2D eigenvalue weighted by Gasteiger charge is 2.16. The quantitative estimate of drug-likeness (QED) is 0.0419. The molecule has 3 aromatic rings. The van der Waals surface area contributed by atoms with Crippen molar-refractivity contribution in [3.63, 3.8) is 0 Å². The molecule has 0 N–H and O–H groups in total. The molecule has 0 fully saturated rings. The minimum absolute atomic E-state index is 0.660. The fourth-order valence-electron chi connectivity index (χ4n) is 6.38. The number of unbranched alkanes of at least 4 members (excludes halogenated alkanes) is 9. The van der Waals surface area contributed by atoms with Gasteiger partial charge >= 0.3 is 0 Å². The highest BCUT2D eigenvalue weighted by molar-refractivity contribution is 5.74. The van der Waals surface area contributed by atoms with Gasteiger partial charge in [0.05, 0.1) is 103 Å². The van der Waals surface area contributed by atoms with E-state index in [-0.39, 0.29) is 0 Å². The predicted molar refractivity (Wildman–Crippen MR) is 238 cm³/mol. The molecule has 0 heterocycles. The van der Waals surface area contributed by atoms with Gasteiger partial charge in [0.1, 0.15) is 0 Å². The fourth-order valence-corrected chi connectivity index (χ4v) is 6.38. The van der Waals surface area contributed by atoms with Gasteiger partial charge in [-0.1, -0.05) is 78.9 Å². The van der Waals surface area contributed by atoms with E-state index in [2.05, 4.69) is 148 Å². The Balaban J connectivity index is 1.75. The first kappa shape index (κ1) is 45.8. The zero-order valence-corrected chi connectivity index (χ0v) is 36.5. The third kappa shape index (κ3) is 21.9. The van der Waals surface area contributed by atoms with Gasteiger partial charge in [0, 0.05) is 0 Å². The zero-order chi connectivity index (χ0) is 40.0. The monoisotopic (exact) mass is 757 g/mol. The van der Waals surface area contributed by atoms with E-state index < -0.39 is 0 Å². The molecule has 0 aliphatic heterocycles. The van der Waals surface area contributed by atoms with E-state index in [1.165, 1.54) is 69.3 Å². The second-order valence-electron chi connectivity index (χ2n) is 18.4. The zero-order valence-electron chi connectivity index (χ0n) is 36.5. The van der Waals surface area contributed by atoms with Gasteiger partial charge in [-0.05, 0) is 111 Å². The lowest BCUT2D eigenvalue weighted by atomic mass is 10.1. The van der Waals surface area contributed by atoms with Crippen LogP contribution >= 0.6 is 0 Å². The third-order valence-corrected chi connectivity index (χ3v) is 9.65. The van der Waals surface area contributed by atoms with Gasteiger partial charge in [0.2, 0.25) is 5.75 Å². The molecule has 55 heavy (non-hydrogen) atoms. The maximum atomic E-state index is 6.58. The molecule has 0 saturated heterocycles. The van der Waals surface area contributed by atoms with Crippen molar-refractivity contribution in [2.45, 2.75) is 77.0 Å². The normalized spacial score (nSPS) is 12.5. The molecule has 0 bridgehead atoms. The number of benzene rings is 3. The Morgan fingerprint density at radius 3 is 1.07 bits per heavy atom. The van der Waals surface area contributed by atoms with Crippen LogP contribution in [0.5, 0.6) is 17.2 Å². The van der Waals surface area contributed by atoms with Gasteiger partial charge in [-0.15, -0.1) is 0 Å². The molecule has 3 aromatic carbocycles. The maximum Gasteiger partial charge on any atom is 0.203 e. The van der Waals surface area contributed by atoms with Crippen molar-refractivity contribution in [2.75, 3.05) is 103 Å². The van der Waals surface area contributed by atoms with E-state index in [1.54, 1.807) is 0 Å². The summed E-state index contributed by atoms with van der Waals surface area (Å²) in [5.41, 5.74) is 4.58. The van der Waals surface area contributed by atoms with Gasteiger partial charge in [-0.2, -0.15) is 0 Å². The van der Waals surface area contributed by atoms with E-state index in [9.17, 15) is 0 Å². The summed E-state index contributed by atoms with van der Waals surface area (Å²) in [6.45, 7) is 5.60. The summed E-state index contributed by atoms with van der Waals surface area (Å²) in [6.07, 6.45) is 22.6.